The van der Waals surface area contributed by atoms with Gasteiger partial charge in [0.2, 0.25) is 5.95 Å². The molecule has 0 saturated heterocycles. The second kappa shape index (κ2) is 3.64. The second-order valence-corrected chi connectivity index (χ2v) is 4.25. The van der Waals surface area contributed by atoms with Crippen LogP contribution in [0.2, 0.25) is 0 Å². The summed E-state index contributed by atoms with van der Waals surface area (Å²) < 4.78 is 13.4. The predicted octanol–water partition coefficient (Wildman–Crippen LogP) is 1.29. The monoisotopic (exact) mass is 210 g/mol. The smallest absolute Gasteiger partial charge is 0.222 e. The molecule has 1 saturated carbocycles. The van der Waals surface area contributed by atoms with Crippen LogP contribution in [-0.4, -0.2) is 23.6 Å². The van der Waals surface area contributed by atoms with E-state index >= 15 is 0 Å². The van der Waals surface area contributed by atoms with Crippen LogP contribution in [0.15, 0.2) is 6.20 Å². The standard InChI is InChI=1S/C10H15FN4/c1-6-3-7(6)5-15(2)9-8(11)4-13-10(12)14-9/h4,6-7H,3,5H2,1-2H3,(H2,12,13,14). The third kappa shape index (κ3) is 2.16. The molecule has 0 aromatic carbocycles. The van der Waals surface area contributed by atoms with Gasteiger partial charge >= 0.3 is 0 Å². The summed E-state index contributed by atoms with van der Waals surface area (Å²) in [6, 6.07) is 0. The topological polar surface area (TPSA) is 55.0 Å². The van der Waals surface area contributed by atoms with Crippen LogP contribution in [0.5, 0.6) is 0 Å². The van der Waals surface area contributed by atoms with Crippen LogP contribution in [0.1, 0.15) is 13.3 Å². The minimum atomic E-state index is -0.417. The molecule has 1 aliphatic rings. The van der Waals surface area contributed by atoms with Gasteiger partial charge in [0.05, 0.1) is 6.20 Å². The minimum absolute atomic E-state index is 0.113. The van der Waals surface area contributed by atoms with Crippen LogP contribution < -0.4 is 10.6 Å². The fourth-order valence-electron chi connectivity index (χ4n) is 1.73. The molecule has 1 fully saturated rings. The maximum Gasteiger partial charge on any atom is 0.222 e. The van der Waals surface area contributed by atoms with Gasteiger partial charge in [0.15, 0.2) is 11.6 Å². The molecule has 0 radical (unpaired) electrons. The molecule has 4 nitrogen and oxygen atoms in total. The molecular formula is C10H15FN4. The van der Waals surface area contributed by atoms with E-state index < -0.39 is 5.82 Å². The van der Waals surface area contributed by atoms with Crippen molar-refractivity contribution in [3.05, 3.63) is 12.0 Å². The maximum atomic E-state index is 13.4. The number of aromatic nitrogens is 2. The maximum absolute atomic E-state index is 13.4. The van der Waals surface area contributed by atoms with Gasteiger partial charge in [-0.1, -0.05) is 6.92 Å². The van der Waals surface area contributed by atoms with Gasteiger partial charge in [-0.2, -0.15) is 4.98 Å². The van der Waals surface area contributed by atoms with Crippen molar-refractivity contribution in [2.24, 2.45) is 11.8 Å². The Kier molecular flexibility index (Phi) is 2.46. The Morgan fingerprint density at radius 1 is 1.67 bits per heavy atom. The molecule has 0 spiro atoms. The lowest BCUT2D eigenvalue weighted by Gasteiger charge is -2.18. The fraction of sp³-hybridized carbons (Fsp3) is 0.600. The summed E-state index contributed by atoms with van der Waals surface area (Å²) in [5.41, 5.74) is 5.42. The molecule has 1 heterocycles. The molecule has 0 amide bonds. The summed E-state index contributed by atoms with van der Waals surface area (Å²) in [6.07, 6.45) is 2.33. The number of hydrogen-bond donors (Lipinski definition) is 1. The summed E-state index contributed by atoms with van der Waals surface area (Å²) in [5, 5.41) is 0. The quantitative estimate of drug-likeness (QED) is 0.816. The van der Waals surface area contributed by atoms with Crippen molar-refractivity contribution in [1.29, 1.82) is 0 Å². The Balaban J connectivity index is 2.10. The lowest BCUT2D eigenvalue weighted by Crippen LogP contribution is -2.23. The minimum Gasteiger partial charge on any atom is -0.368 e. The molecule has 82 valence electrons. The van der Waals surface area contributed by atoms with Gasteiger partial charge in [-0.25, -0.2) is 9.37 Å². The van der Waals surface area contributed by atoms with Crippen LogP contribution >= 0.6 is 0 Å². The molecule has 0 aliphatic heterocycles. The van der Waals surface area contributed by atoms with Gasteiger partial charge in [0.1, 0.15) is 0 Å². The average molecular weight is 210 g/mol. The van der Waals surface area contributed by atoms with Gasteiger partial charge < -0.3 is 10.6 Å². The van der Waals surface area contributed by atoms with E-state index in [1.54, 1.807) is 0 Å². The Morgan fingerprint density at radius 2 is 2.33 bits per heavy atom. The lowest BCUT2D eigenvalue weighted by molar-refractivity contribution is 0.602. The SMILES string of the molecule is CC1CC1CN(C)c1nc(N)ncc1F. The number of nitrogen functional groups attached to an aromatic ring is 1. The molecule has 2 unspecified atom stereocenters. The van der Waals surface area contributed by atoms with E-state index in [1.165, 1.54) is 6.42 Å². The first-order chi connectivity index (χ1) is 7.08. The molecule has 2 rings (SSSR count). The normalized spacial score (nSPS) is 23.9. The summed E-state index contributed by atoms with van der Waals surface area (Å²) in [5.74, 6) is 1.39. The summed E-state index contributed by atoms with van der Waals surface area (Å²) in [6.45, 7) is 3.03. The third-order valence-electron chi connectivity index (χ3n) is 2.89. The van der Waals surface area contributed by atoms with Crippen molar-refractivity contribution in [3.8, 4) is 0 Å². The number of hydrogen-bond acceptors (Lipinski definition) is 4. The van der Waals surface area contributed by atoms with Crippen LogP contribution in [0.4, 0.5) is 16.2 Å². The highest BCUT2D eigenvalue weighted by atomic mass is 19.1. The largest absolute Gasteiger partial charge is 0.368 e. The molecule has 2 atom stereocenters. The number of rotatable bonds is 3. The van der Waals surface area contributed by atoms with Crippen LogP contribution in [0.3, 0.4) is 0 Å². The first-order valence-corrected chi connectivity index (χ1v) is 5.07. The highest BCUT2D eigenvalue weighted by Gasteiger charge is 2.33. The first-order valence-electron chi connectivity index (χ1n) is 5.07. The van der Waals surface area contributed by atoms with Crippen molar-refractivity contribution in [2.75, 3.05) is 24.2 Å². The Hall–Kier alpha value is -1.39. The van der Waals surface area contributed by atoms with Crippen LogP contribution in [-0.2, 0) is 0 Å². The summed E-state index contributed by atoms with van der Waals surface area (Å²) in [7, 11) is 1.83. The van der Waals surface area contributed by atoms with Crippen molar-refractivity contribution < 1.29 is 4.39 Å². The second-order valence-electron chi connectivity index (χ2n) is 4.25. The lowest BCUT2D eigenvalue weighted by atomic mass is 10.3. The number of nitrogens with two attached hydrogens (primary N) is 1. The molecule has 1 aromatic rings. The van der Waals surface area contributed by atoms with Gasteiger partial charge in [-0.15, -0.1) is 0 Å². The summed E-state index contributed by atoms with van der Waals surface area (Å²) in [4.78, 5) is 9.30. The molecule has 0 bridgehead atoms. The predicted molar refractivity (Wildman–Crippen MR) is 56.9 cm³/mol. The Bertz CT molecular complexity index is 368. The van der Waals surface area contributed by atoms with Gasteiger partial charge in [0.25, 0.3) is 0 Å². The van der Waals surface area contributed by atoms with E-state index in [9.17, 15) is 4.39 Å². The fourth-order valence-corrected chi connectivity index (χ4v) is 1.73. The first kappa shape index (κ1) is 10.1. The zero-order chi connectivity index (χ0) is 11.0. The molecule has 5 heteroatoms. The van der Waals surface area contributed by atoms with E-state index in [1.807, 2.05) is 11.9 Å². The molecule has 2 N–H and O–H groups in total. The van der Waals surface area contributed by atoms with E-state index in [0.717, 1.165) is 18.7 Å². The van der Waals surface area contributed by atoms with E-state index in [-0.39, 0.29) is 5.95 Å². The van der Waals surface area contributed by atoms with E-state index in [0.29, 0.717) is 11.7 Å². The molecular weight excluding hydrogens is 195 g/mol. The number of nitrogens with zero attached hydrogens (tertiary/aromatic N) is 3. The summed E-state index contributed by atoms with van der Waals surface area (Å²) >= 11 is 0. The highest BCUT2D eigenvalue weighted by Crippen LogP contribution is 2.38. The zero-order valence-corrected chi connectivity index (χ0v) is 8.94. The Morgan fingerprint density at radius 3 is 2.93 bits per heavy atom. The molecule has 15 heavy (non-hydrogen) atoms. The number of anilines is 2. The molecule has 1 aromatic heterocycles. The van der Waals surface area contributed by atoms with E-state index in [2.05, 4.69) is 16.9 Å². The average Bonchev–Trinajstić information content (AvgIpc) is 2.86. The number of halogens is 1. The zero-order valence-electron chi connectivity index (χ0n) is 8.94. The van der Waals surface area contributed by atoms with Crippen LogP contribution in [0, 0.1) is 17.7 Å². The molecule has 1 aliphatic carbocycles. The van der Waals surface area contributed by atoms with Crippen molar-refractivity contribution in [1.82, 2.24) is 9.97 Å². The van der Waals surface area contributed by atoms with Gasteiger partial charge in [0, 0.05) is 13.6 Å². The van der Waals surface area contributed by atoms with Crippen molar-refractivity contribution >= 4 is 11.8 Å². The Labute approximate surface area is 88.3 Å². The third-order valence-corrected chi connectivity index (χ3v) is 2.89. The van der Waals surface area contributed by atoms with Gasteiger partial charge in [-0.05, 0) is 18.3 Å². The highest BCUT2D eigenvalue weighted by molar-refractivity contribution is 5.41. The van der Waals surface area contributed by atoms with Gasteiger partial charge in [-0.3, -0.25) is 0 Å². The van der Waals surface area contributed by atoms with Crippen molar-refractivity contribution in [3.63, 3.8) is 0 Å². The van der Waals surface area contributed by atoms with Crippen LogP contribution in [0.25, 0.3) is 0 Å². The van der Waals surface area contributed by atoms with E-state index in [4.69, 9.17) is 5.73 Å². The van der Waals surface area contributed by atoms with Crippen molar-refractivity contribution in [2.45, 2.75) is 13.3 Å².